The molecule has 0 aromatic heterocycles. The van der Waals surface area contributed by atoms with Crippen LogP contribution in [0.4, 0.5) is 0 Å². The third kappa shape index (κ3) is 2.08. The number of benzene rings is 2. The molecule has 0 heterocycles. The summed E-state index contributed by atoms with van der Waals surface area (Å²) >= 11 is 0. The van der Waals surface area contributed by atoms with Crippen LogP contribution in [0, 0.1) is 5.92 Å². The Kier molecular flexibility index (Phi) is 2.89. The third-order valence-electron chi connectivity index (χ3n) is 4.44. The van der Waals surface area contributed by atoms with Gasteiger partial charge in [0.25, 0.3) is 0 Å². The standard InChI is InChI=1S/C21H18/c1-15-10-11-16(14-15)12-13-21-19-8-4-2-6-17(19)18-7-3-5-9-20(18)21/h2-14,16,21H,1H3. The minimum absolute atomic E-state index is 0.389. The van der Waals surface area contributed by atoms with E-state index in [1.54, 1.807) is 0 Å². The van der Waals surface area contributed by atoms with Gasteiger partial charge in [-0.25, -0.2) is 0 Å². The summed E-state index contributed by atoms with van der Waals surface area (Å²) in [6, 6.07) is 17.5. The van der Waals surface area contributed by atoms with Crippen molar-refractivity contribution in [2.24, 2.45) is 5.92 Å². The van der Waals surface area contributed by atoms with Crippen molar-refractivity contribution in [1.82, 2.24) is 0 Å². The molecule has 0 N–H and O–H groups in total. The molecule has 0 fully saturated rings. The molecular formula is C21H18. The minimum atomic E-state index is 0.389. The first-order chi connectivity index (χ1) is 10.3. The topological polar surface area (TPSA) is 0 Å². The van der Waals surface area contributed by atoms with Gasteiger partial charge in [0.05, 0.1) is 0 Å². The maximum Gasteiger partial charge on any atom is 0.0282 e. The highest BCUT2D eigenvalue weighted by molar-refractivity contribution is 5.79. The Morgan fingerprint density at radius 3 is 2.00 bits per heavy atom. The molecule has 0 radical (unpaired) electrons. The number of hydrogen-bond donors (Lipinski definition) is 0. The molecule has 0 bridgehead atoms. The van der Waals surface area contributed by atoms with Crippen LogP contribution in [0.2, 0.25) is 0 Å². The number of fused-ring (bicyclic) bond motifs is 3. The molecule has 2 aromatic carbocycles. The molecule has 0 aliphatic heterocycles. The molecular weight excluding hydrogens is 252 g/mol. The lowest BCUT2D eigenvalue weighted by atomic mass is 9.95. The van der Waals surface area contributed by atoms with Gasteiger partial charge in [-0.2, -0.15) is 0 Å². The van der Waals surface area contributed by atoms with Gasteiger partial charge in [-0.05, 0) is 29.2 Å². The van der Waals surface area contributed by atoms with Crippen LogP contribution in [0.15, 0.2) is 84.5 Å². The Morgan fingerprint density at radius 1 is 0.810 bits per heavy atom. The second kappa shape index (κ2) is 4.89. The Morgan fingerprint density at radius 2 is 1.43 bits per heavy atom. The van der Waals surface area contributed by atoms with Crippen LogP contribution in [0.25, 0.3) is 11.1 Å². The van der Waals surface area contributed by atoms with Crippen molar-refractivity contribution < 1.29 is 0 Å². The molecule has 0 spiro atoms. The van der Waals surface area contributed by atoms with E-state index in [0.717, 1.165) is 0 Å². The number of hydrogen-bond acceptors (Lipinski definition) is 0. The zero-order valence-electron chi connectivity index (χ0n) is 12.2. The highest BCUT2D eigenvalue weighted by Gasteiger charge is 2.25. The largest absolute Gasteiger partial charge is 0.0769 e. The van der Waals surface area contributed by atoms with Gasteiger partial charge in [-0.3, -0.25) is 0 Å². The molecule has 2 aromatic rings. The van der Waals surface area contributed by atoms with E-state index in [2.05, 4.69) is 85.8 Å². The highest BCUT2D eigenvalue weighted by Crippen LogP contribution is 2.45. The van der Waals surface area contributed by atoms with E-state index in [9.17, 15) is 0 Å². The van der Waals surface area contributed by atoms with E-state index in [-0.39, 0.29) is 0 Å². The molecule has 0 saturated carbocycles. The van der Waals surface area contributed by atoms with Crippen LogP contribution in [0.3, 0.4) is 0 Å². The first-order valence-electron chi connectivity index (χ1n) is 7.56. The van der Waals surface area contributed by atoms with Crippen LogP contribution < -0.4 is 0 Å². The van der Waals surface area contributed by atoms with Crippen molar-refractivity contribution in [3.63, 3.8) is 0 Å². The average molecular weight is 270 g/mol. The first kappa shape index (κ1) is 12.4. The normalized spacial score (nSPS) is 19.9. The van der Waals surface area contributed by atoms with E-state index in [0.29, 0.717) is 11.8 Å². The average Bonchev–Trinajstić information content (AvgIpc) is 3.07. The fourth-order valence-corrected chi connectivity index (χ4v) is 3.44. The van der Waals surface area contributed by atoms with E-state index < -0.39 is 0 Å². The summed E-state index contributed by atoms with van der Waals surface area (Å²) in [6.45, 7) is 2.16. The van der Waals surface area contributed by atoms with Crippen molar-refractivity contribution in [3.8, 4) is 11.1 Å². The summed E-state index contributed by atoms with van der Waals surface area (Å²) in [5.74, 6) is 0.838. The quantitative estimate of drug-likeness (QED) is 0.633. The summed E-state index contributed by atoms with van der Waals surface area (Å²) in [6.07, 6.45) is 11.5. The lowest BCUT2D eigenvalue weighted by molar-refractivity contribution is 1.01. The molecule has 4 rings (SSSR count). The Hall–Kier alpha value is -2.34. The zero-order chi connectivity index (χ0) is 14.2. The second-order valence-corrected chi connectivity index (χ2v) is 5.88. The van der Waals surface area contributed by atoms with Crippen molar-refractivity contribution in [2.75, 3.05) is 0 Å². The summed E-state index contributed by atoms with van der Waals surface area (Å²) in [5.41, 5.74) is 6.99. The summed E-state index contributed by atoms with van der Waals surface area (Å²) in [4.78, 5) is 0. The fourth-order valence-electron chi connectivity index (χ4n) is 3.44. The maximum atomic E-state index is 2.37. The fraction of sp³-hybridized carbons (Fsp3) is 0.143. The summed E-state index contributed by atoms with van der Waals surface area (Å²) in [7, 11) is 0. The van der Waals surface area contributed by atoms with Gasteiger partial charge in [0.1, 0.15) is 0 Å². The van der Waals surface area contributed by atoms with Crippen LogP contribution in [-0.2, 0) is 0 Å². The maximum absolute atomic E-state index is 2.37. The first-order valence-corrected chi connectivity index (χ1v) is 7.56. The van der Waals surface area contributed by atoms with Crippen LogP contribution in [-0.4, -0.2) is 0 Å². The number of rotatable bonds is 2. The third-order valence-corrected chi connectivity index (χ3v) is 4.44. The summed E-state index contributed by atoms with van der Waals surface area (Å²) in [5, 5.41) is 0. The van der Waals surface area contributed by atoms with E-state index in [4.69, 9.17) is 0 Å². The van der Waals surface area contributed by atoms with Gasteiger partial charge >= 0.3 is 0 Å². The molecule has 21 heavy (non-hydrogen) atoms. The summed E-state index contributed by atoms with van der Waals surface area (Å²) < 4.78 is 0. The number of allylic oxidation sites excluding steroid dienone is 6. The molecule has 102 valence electrons. The second-order valence-electron chi connectivity index (χ2n) is 5.88. The van der Waals surface area contributed by atoms with Crippen molar-refractivity contribution in [1.29, 1.82) is 0 Å². The van der Waals surface area contributed by atoms with Crippen molar-refractivity contribution in [3.05, 3.63) is 95.6 Å². The predicted octanol–water partition coefficient (Wildman–Crippen LogP) is 5.49. The monoisotopic (exact) mass is 270 g/mol. The van der Waals surface area contributed by atoms with Gasteiger partial charge in [-0.15, -0.1) is 0 Å². The van der Waals surface area contributed by atoms with E-state index in [1.165, 1.54) is 27.8 Å². The van der Waals surface area contributed by atoms with Crippen LogP contribution in [0.1, 0.15) is 24.0 Å². The molecule has 0 heteroatoms. The van der Waals surface area contributed by atoms with E-state index in [1.807, 2.05) is 0 Å². The zero-order valence-corrected chi connectivity index (χ0v) is 12.2. The smallest absolute Gasteiger partial charge is 0.0282 e. The molecule has 1 unspecified atom stereocenters. The van der Waals surface area contributed by atoms with Gasteiger partial charge in [0.15, 0.2) is 0 Å². The molecule has 0 nitrogen and oxygen atoms in total. The van der Waals surface area contributed by atoms with Gasteiger partial charge in [0.2, 0.25) is 0 Å². The van der Waals surface area contributed by atoms with Crippen molar-refractivity contribution in [2.45, 2.75) is 12.8 Å². The van der Waals surface area contributed by atoms with Crippen LogP contribution >= 0.6 is 0 Å². The van der Waals surface area contributed by atoms with Gasteiger partial charge in [-0.1, -0.05) is 84.5 Å². The lowest BCUT2D eigenvalue weighted by Crippen LogP contribution is -1.93. The SMILES string of the molecule is CC1=CC(C=CC2c3ccccc3-c3ccccc32)C=C1. The molecule has 0 amide bonds. The van der Waals surface area contributed by atoms with Crippen molar-refractivity contribution >= 4 is 0 Å². The highest BCUT2D eigenvalue weighted by atomic mass is 14.3. The van der Waals surface area contributed by atoms with Crippen LogP contribution in [0.5, 0.6) is 0 Å². The van der Waals surface area contributed by atoms with Gasteiger partial charge in [0, 0.05) is 11.8 Å². The Balaban J connectivity index is 1.75. The lowest BCUT2D eigenvalue weighted by Gasteiger charge is -2.09. The predicted molar refractivity (Wildman–Crippen MR) is 89.2 cm³/mol. The molecule has 2 aliphatic carbocycles. The minimum Gasteiger partial charge on any atom is -0.0769 e. The Labute approximate surface area is 126 Å². The Bertz CT molecular complexity index is 729. The van der Waals surface area contributed by atoms with E-state index >= 15 is 0 Å². The van der Waals surface area contributed by atoms with Gasteiger partial charge < -0.3 is 0 Å². The molecule has 1 atom stereocenters. The molecule has 0 saturated heterocycles. The molecule has 2 aliphatic rings.